The summed E-state index contributed by atoms with van der Waals surface area (Å²) in [5.74, 6) is 1.34. The van der Waals surface area contributed by atoms with Crippen LogP contribution in [0.2, 0.25) is 0 Å². The largest absolute Gasteiger partial charge is 0.478 e. The first kappa shape index (κ1) is 14.1. The fourth-order valence-corrected chi connectivity index (χ4v) is 3.17. The highest BCUT2D eigenvalue weighted by Crippen LogP contribution is 2.25. The summed E-state index contributed by atoms with van der Waals surface area (Å²) in [5.41, 5.74) is 0. The summed E-state index contributed by atoms with van der Waals surface area (Å²) in [7, 11) is 0. The third-order valence-corrected chi connectivity index (χ3v) is 4.22. The molecule has 0 unspecified atom stereocenters. The third kappa shape index (κ3) is 3.09. The number of anilines is 1. The molecule has 1 saturated heterocycles. The van der Waals surface area contributed by atoms with Crippen LogP contribution in [0.25, 0.3) is 0 Å². The van der Waals surface area contributed by atoms with Crippen LogP contribution < -0.4 is 9.64 Å². The molecular formula is C15H22N4O2. The summed E-state index contributed by atoms with van der Waals surface area (Å²) in [5, 5.41) is 0. The average Bonchev–Trinajstić information content (AvgIpc) is 3.02. The van der Waals surface area contributed by atoms with E-state index in [0.717, 1.165) is 25.9 Å². The van der Waals surface area contributed by atoms with Crippen LogP contribution >= 0.6 is 0 Å². The molecule has 1 aromatic rings. The normalized spacial score (nSPS) is 20.1. The summed E-state index contributed by atoms with van der Waals surface area (Å²) < 4.78 is 5.39. The van der Waals surface area contributed by atoms with Gasteiger partial charge in [-0.05, 0) is 19.8 Å². The van der Waals surface area contributed by atoms with E-state index in [1.807, 2.05) is 11.8 Å². The van der Waals surface area contributed by atoms with Gasteiger partial charge in [-0.1, -0.05) is 12.8 Å². The van der Waals surface area contributed by atoms with E-state index < -0.39 is 0 Å². The predicted octanol–water partition coefficient (Wildman–Crippen LogP) is 1.47. The minimum atomic E-state index is 0.193. The Hall–Kier alpha value is -1.85. The zero-order valence-corrected chi connectivity index (χ0v) is 12.5. The minimum absolute atomic E-state index is 0.193. The van der Waals surface area contributed by atoms with Gasteiger partial charge < -0.3 is 14.5 Å². The molecule has 1 aliphatic carbocycles. The second-order valence-electron chi connectivity index (χ2n) is 5.57. The van der Waals surface area contributed by atoms with Gasteiger partial charge in [0.15, 0.2) is 0 Å². The quantitative estimate of drug-likeness (QED) is 0.840. The van der Waals surface area contributed by atoms with Crippen molar-refractivity contribution in [3.8, 4) is 5.88 Å². The van der Waals surface area contributed by atoms with Crippen molar-refractivity contribution < 1.29 is 9.53 Å². The monoisotopic (exact) mass is 290 g/mol. The average molecular weight is 290 g/mol. The first-order valence-electron chi connectivity index (χ1n) is 7.78. The highest BCUT2D eigenvalue weighted by Gasteiger charge is 2.32. The van der Waals surface area contributed by atoms with Crippen LogP contribution in [0.3, 0.4) is 0 Å². The molecule has 3 rings (SSSR count). The molecule has 0 aromatic carbocycles. The Morgan fingerprint density at radius 1 is 1.33 bits per heavy atom. The van der Waals surface area contributed by atoms with Crippen molar-refractivity contribution in [2.75, 3.05) is 31.1 Å². The Balaban J connectivity index is 1.66. The van der Waals surface area contributed by atoms with E-state index in [1.54, 1.807) is 12.3 Å². The number of ether oxygens (including phenoxy) is 1. The van der Waals surface area contributed by atoms with Gasteiger partial charge in [0.05, 0.1) is 6.61 Å². The van der Waals surface area contributed by atoms with Crippen LogP contribution in [0.1, 0.15) is 32.6 Å². The first-order valence-corrected chi connectivity index (χ1v) is 7.78. The lowest BCUT2D eigenvalue weighted by molar-refractivity contribution is -0.133. The maximum atomic E-state index is 12.4. The molecule has 2 heterocycles. The van der Waals surface area contributed by atoms with E-state index in [2.05, 4.69) is 14.9 Å². The molecule has 114 valence electrons. The molecule has 1 saturated carbocycles. The van der Waals surface area contributed by atoms with E-state index in [-0.39, 0.29) is 5.91 Å². The molecule has 1 amide bonds. The number of aromatic nitrogens is 2. The number of hydrogen-bond donors (Lipinski definition) is 0. The summed E-state index contributed by atoms with van der Waals surface area (Å²) in [4.78, 5) is 25.0. The maximum absolute atomic E-state index is 12.4. The molecule has 0 bridgehead atoms. The highest BCUT2D eigenvalue weighted by atomic mass is 16.5. The topological polar surface area (TPSA) is 58.6 Å². The number of carbonyl (C=O) groups excluding carboxylic acids is 1. The summed E-state index contributed by atoms with van der Waals surface area (Å²) in [6.07, 6.45) is 6.49. The fourth-order valence-electron chi connectivity index (χ4n) is 3.17. The maximum Gasteiger partial charge on any atom is 0.242 e. The molecule has 21 heavy (non-hydrogen) atoms. The van der Waals surface area contributed by atoms with Crippen LogP contribution in [0.5, 0.6) is 5.88 Å². The number of nitrogens with zero attached hydrogens (tertiary/aromatic N) is 4. The number of amides is 1. The van der Waals surface area contributed by atoms with Crippen LogP contribution in [0, 0.1) is 0 Å². The number of rotatable bonds is 4. The molecule has 6 nitrogen and oxygen atoms in total. The zero-order valence-electron chi connectivity index (χ0n) is 12.5. The lowest BCUT2D eigenvalue weighted by Crippen LogP contribution is -2.53. The molecule has 2 fully saturated rings. The number of hydrogen-bond acceptors (Lipinski definition) is 5. The van der Waals surface area contributed by atoms with Crippen molar-refractivity contribution in [3.63, 3.8) is 0 Å². The van der Waals surface area contributed by atoms with Crippen LogP contribution in [-0.4, -0.2) is 53.1 Å². The van der Waals surface area contributed by atoms with Crippen molar-refractivity contribution in [1.82, 2.24) is 14.9 Å². The van der Waals surface area contributed by atoms with E-state index in [4.69, 9.17) is 4.74 Å². The molecule has 0 atom stereocenters. The molecule has 0 radical (unpaired) electrons. The second kappa shape index (κ2) is 6.28. The van der Waals surface area contributed by atoms with Crippen molar-refractivity contribution in [2.45, 2.75) is 38.6 Å². The van der Waals surface area contributed by atoms with E-state index >= 15 is 0 Å². The molecule has 0 N–H and O–H groups in total. The Kier molecular flexibility index (Phi) is 4.22. The SMILES string of the molecule is CCOc1ccnc(N2CCN(C3CCCC3)C(=O)C2)n1. The van der Waals surface area contributed by atoms with Gasteiger partial charge in [-0.15, -0.1) is 0 Å². The van der Waals surface area contributed by atoms with Crippen molar-refractivity contribution >= 4 is 11.9 Å². The van der Waals surface area contributed by atoms with Gasteiger partial charge in [0.25, 0.3) is 0 Å². The van der Waals surface area contributed by atoms with E-state index in [1.165, 1.54) is 12.8 Å². The van der Waals surface area contributed by atoms with Crippen LogP contribution in [-0.2, 0) is 4.79 Å². The van der Waals surface area contributed by atoms with Gasteiger partial charge in [0, 0.05) is 31.4 Å². The van der Waals surface area contributed by atoms with Gasteiger partial charge in [0.2, 0.25) is 17.7 Å². The van der Waals surface area contributed by atoms with Gasteiger partial charge in [0.1, 0.15) is 6.54 Å². The summed E-state index contributed by atoms with van der Waals surface area (Å²) >= 11 is 0. The Labute approximate surface area is 125 Å². The smallest absolute Gasteiger partial charge is 0.242 e. The van der Waals surface area contributed by atoms with Crippen LogP contribution in [0.15, 0.2) is 12.3 Å². The standard InChI is InChI=1S/C15H22N4O2/c1-2-21-13-7-8-16-15(17-13)18-9-10-19(14(20)11-18)12-5-3-4-6-12/h7-8,12H,2-6,9-11H2,1H3. The van der Waals surface area contributed by atoms with Crippen molar-refractivity contribution in [3.05, 3.63) is 12.3 Å². The Morgan fingerprint density at radius 3 is 2.86 bits per heavy atom. The molecule has 2 aliphatic rings. The van der Waals surface area contributed by atoms with Gasteiger partial charge in [-0.25, -0.2) is 4.98 Å². The van der Waals surface area contributed by atoms with Gasteiger partial charge in [-0.3, -0.25) is 4.79 Å². The summed E-state index contributed by atoms with van der Waals surface area (Å²) in [6, 6.07) is 2.19. The lowest BCUT2D eigenvalue weighted by Gasteiger charge is -2.37. The van der Waals surface area contributed by atoms with Crippen LogP contribution in [0.4, 0.5) is 5.95 Å². The zero-order chi connectivity index (χ0) is 14.7. The predicted molar refractivity (Wildman–Crippen MR) is 79.4 cm³/mol. The summed E-state index contributed by atoms with van der Waals surface area (Å²) in [6.45, 7) is 4.42. The van der Waals surface area contributed by atoms with Gasteiger partial charge in [-0.2, -0.15) is 4.98 Å². The van der Waals surface area contributed by atoms with E-state index in [9.17, 15) is 4.79 Å². The molecule has 1 aromatic heterocycles. The Morgan fingerprint density at radius 2 is 2.14 bits per heavy atom. The fraction of sp³-hybridized carbons (Fsp3) is 0.667. The lowest BCUT2D eigenvalue weighted by atomic mass is 10.2. The highest BCUT2D eigenvalue weighted by molar-refractivity contribution is 5.82. The second-order valence-corrected chi connectivity index (χ2v) is 5.57. The van der Waals surface area contributed by atoms with E-state index in [0.29, 0.717) is 31.0 Å². The number of piperazine rings is 1. The molecule has 0 spiro atoms. The van der Waals surface area contributed by atoms with Crippen molar-refractivity contribution in [2.24, 2.45) is 0 Å². The molecule has 6 heteroatoms. The third-order valence-electron chi connectivity index (χ3n) is 4.22. The van der Waals surface area contributed by atoms with Gasteiger partial charge >= 0.3 is 0 Å². The van der Waals surface area contributed by atoms with Crippen molar-refractivity contribution in [1.29, 1.82) is 0 Å². The number of carbonyl (C=O) groups is 1. The minimum Gasteiger partial charge on any atom is -0.478 e. The Bertz CT molecular complexity index is 502. The molecular weight excluding hydrogens is 268 g/mol. The molecule has 1 aliphatic heterocycles. The first-order chi connectivity index (χ1) is 10.3.